The van der Waals surface area contributed by atoms with Crippen molar-refractivity contribution in [3.05, 3.63) is 70.8 Å². The molecule has 0 fully saturated rings. The fourth-order valence-corrected chi connectivity index (χ4v) is 3.43. The van der Waals surface area contributed by atoms with Gasteiger partial charge in [0.2, 0.25) is 0 Å². The first-order chi connectivity index (χ1) is 9.35. The van der Waals surface area contributed by atoms with Crippen molar-refractivity contribution in [2.75, 3.05) is 0 Å². The van der Waals surface area contributed by atoms with Gasteiger partial charge in [0.05, 0.1) is 0 Å². The summed E-state index contributed by atoms with van der Waals surface area (Å²) in [5, 5.41) is 1.89. The Hall–Kier alpha value is -0.600. The Balaban J connectivity index is 1.96. The molecule has 0 unspecified atom stereocenters. The summed E-state index contributed by atoms with van der Waals surface area (Å²) in [5.41, 5.74) is 5.76. The zero-order chi connectivity index (χ0) is 13.5. The number of hydrogen-bond acceptors (Lipinski definition) is 0. The van der Waals surface area contributed by atoms with Gasteiger partial charge < -0.3 is 0 Å². The van der Waals surface area contributed by atoms with Crippen LogP contribution >= 0.6 is 31.9 Å². The lowest BCUT2D eigenvalue weighted by Crippen LogP contribution is -1.96. The monoisotopic (exact) mass is 380 g/mol. The van der Waals surface area contributed by atoms with Crippen molar-refractivity contribution in [2.24, 2.45) is 0 Å². The lowest BCUT2D eigenvalue weighted by Gasteiger charge is -2.09. The Labute approximate surface area is 132 Å². The van der Waals surface area contributed by atoms with E-state index in [9.17, 15) is 0 Å². The molecule has 2 rings (SSSR count). The minimum Gasteiger partial charge on any atom is -0.0876 e. The van der Waals surface area contributed by atoms with Crippen LogP contribution < -0.4 is 0 Å². The largest absolute Gasteiger partial charge is 0.0876 e. The molecule has 2 aromatic rings. The summed E-state index contributed by atoms with van der Waals surface area (Å²) < 4.78 is 0. The number of halogens is 2. The maximum absolute atomic E-state index is 3.56. The molecule has 0 heterocycles. The van der Waals surface area contributed by atoms with Gasteiger partial charge in [-0.3, -0.25) is 0 Å². The molecule has 2 aromatic carbocycles. The summed E-state index contributed by atoms with van der Waals surface area (Å²) >= 11 is 7.12. The van der Waals surface area contributed by atoms with Gasteiger partial charge in [0.1, 0.15) is 0 Å². The number of hydrogen-bond donors (Lipinski definition) is 0. The number of alkyl halides is 2. The quantitative estimate of drug-likeness (QED) is 0.567. The predicted molar refractivity (Wildman–Crippen MR) is 90.2 cm³/mol. The van der Waals surface area contributed by atoms with E-state index in [1.165, 1.54) is 28.7 Å². The van der Waals surface area contributed by atoms with E-state index in [0.29, 0.717) is 0 Å². The maximum atomic E-state index is 3.56. The third-order valence-corrected chi connectivity index (χ3v) is 4.63. The first kappa shape index (κ1) is 14.8. The molecule has 0 aliphatic carbocycles. The number of aryl methyl sites for hydroxylation is 2. The van der Waals surface area contributed by atoms with Crippen LogP contribution in [-0.2, 0) is 23.5 Å². The van der Waals surface area contributed by atoms with E-state index in [1.807, 2.05) is 0 Å². The van der Waals surface area contributed by atoms with E-state index >= 15 is 0 Å². The van der Waals surface area contributed by atoms with Crippen LogP contribution in [0.5, 0.6) is 0 Å². The first-order valence-corrected chi connectivity index (χ1v) is 8.85. The number of rotatable bonds is 6. The molecule has 19 heavy (non-hydrogen) atoms. The molecule has 0 spiro atoms. The Kier molecular flexibility index (Phi) is 6.12. The Morgan fingerprint density at radius 3 is 1.32 bits per heavy atom. The van der Waals surface area contributed by atoms with Gasteiger partial charge in [-0.15, -0.1) is 0 Å². The summed E-state index contributed by atoms with van der Waals surface area (Å²) in [6.45, 7) is 0. The van der Waals surface area contributed by atoms with Crippen molar-refractivity contribution in [3.8, 4) is 0 Å². The van der Waals surface area contributed by atoms with Crippen LogP contribution in [0.15, 0.2) is 48.5 Å². The summed E-state index contributed by atoms with van der Waals surface area (Å²) in [6, 6.07) is 17.4. The highest BCUT2D eigenvalue weighted by Crippen LogP contribution is 2.18. The lowest BCUT2D eigenvalue weighted by molar-refractivity contribution is 0.811. The molecule has 0 aliphatic rings. The van der Waals surface area contributed by atoms with E-state index in [2.05, 4.69) is 80.4 Å². The second-order valence-electron chi connectivity index (χ2n) is 4.66. The zero-order valence-corrected chi connectivity index (χ0v) is 14.1. The van der Waals surface area contributed by atoms with Crippen LogP contribution in [0, 0.1) is 0 Å². The third kappa shape index (κ3) is 4.19. The van der Waals surface area contributed by atoms with Gasteiger partial charge in [-0.25, -0.2) is 0 Å². The Morgan fingerprint density at radius 1 is 0.579 bits per heavy atom. The van der Waals surface area contributed by atoms with Gasteiger partial charge in [0.15, 0.2) is 0 Å². The van der Waals surface area contributed by atoms with Crippen LogP contribution in [0.1, 0.15) is 28.7 Å². The van der Waals surface area contributed by atoms with Crippen LogP contribution in [0.25, 0.3) is 0 Å². The van der Waals surface area contributed by atoms with Gasteiger partial charge in [0.25, 0.3) is 0 Å². The summed E-state index contributed by atoms with van der Waals surface area (Å²) in [6.07, 6.45) is 3.50. The topological polar surface area (TPSA) is 0 Å². The van der Waals surface area contributed by atoms with Gasteiger partial charge >= 0.3 is 0 Å². The highest BCUT2D eigenvalue weighted by Gasteiger charge is 2.03. The molecule has 0 atom stereocenters. The lowest BCUT2D eigenvalue weighted by atomic mass is 9.98. The second kappa shape index (κ2) is 7.86. The zero-order valence-electron chi connectivity index (χ0n) is 10.9. The van der Waals surface area contributed by atoms with E-state index < -0.39 is 0 Å². The molecule has 0 bridgehead atoms. The minimum absolute atomic E-state index is 0.946. The van der Waals surface area contributed by atoms with E-state index in [0.717, 1.165) is 23.5 Å². The van der Waals surface area contributed by atoms with Gasteiger partial charge in [-0.05, 0) is 41.5 Å². The molecular formula is C17H18Br2. The second-order valence-corrected chi connectivity index (χ2v) is 5.78. The molecule has 0 N–H and O–H groups in total. The predicted octanol–water partition coefficient (Wildman–Crippen LogP) is 5.65. The molecule has 0 aliphatic heterocycles. The molecule has 0 aromatic heterocycles. The van der Waals surface area contributed by atoms with E-state index in [4.69, 9.17) is 0 Å². The molecule has 2 heteroatoms. The molecular weight excluding hydrogens is 364 g/mol. The maximum Gasteiger partial charge on any atom is 0.0285 e. The Bertz CT molecular complexity index is 473. The number of benzene rings is 2. The Morgan fingerprint density at radius 2 is 0.947 bits per heavy atom. The average molecular weight is 382 g/mol. The summed E-state index contributed by atoms with van der Waals surface area (Å²) in [4.78, 5) is 0. The van der Waals surface area contributed by atoms with Crippen molar-refractivity contribution in [1.82, 2.24) is 0 Å². The fraction of sp³-hybridized carbons (Fsp3) is 0.294. The minimum atomic E-state index is 0.946. The van der Waals surface area contributed by atoms with Gasteiger partial charge in [-0.2, -0.15) is 0 Å². The molecule has 100 valence electrons. The average Bonchev–Trinajstić information content (AvgIpc) is 2.48. The SMILES string of the molecule is BrCc1ccccc1CCCc1ccccc1CBr. The standard InChI is InChI=1S/C17H18Br2/c18-12-16-8-3-1-6-14(16)10-5-11-15-7-2-4-9-17(15)13-19/h1-4,6-9H,5,10-13H2. The highest BCUT2D eigenvalue weighted by atomic mass is 79.9. The van der Waals surface area contributed by atoms with Gasteiger partial charge in [-0.1, -0.05) is 80.4 Å². The molecule has 0 saturated carbocycles. The summed E-state index contributed by atoms with van der Waals surface area (Å²) in [7, 11) is 0. The normalized spacial score (nSPS) is 10.6. The molecule has 0 radical (unpaired) electrons. The molecule has 0 amide bonds. The van der Waals surface area contributed by atoms with Crippen LogP contribution in [0.2, 0.25) is 0 Å². The first-order valence-electron chi connectivity index (χ1n) is 6.60. The smallest absolute Gasteiger partial charge is 0.0285 e. The van der Waals surface area contributed by atoms with Crippen molar-refractivity contribution in [3.63, 3.8) is 0 Å². The van der Waals surface area contributed by atoms with Gasteiger partial charge in [0, 0.05) is 10.7 Å². The molecule has 0 nitrogen and oxygen atoms in total. The van der Waals surface area contributed by atoms with E-state index in [-0.39, 0.29) is 0 Å². The van der Waals surface area contributed by atoms with Crippen LogP contribution in [0.4, 0.5) is 0 Å². The highest BCUT2D eigenvalue weighted by molar-refractivity contribution is 9.08. The fourth-order valence-electron chi connectivity index (χ4n) is 2.33. The summed E-state index contributed by atoms with van der Waals surface area (Å²) in [5.74, 6) is 0. The van der Waals surface area contributed by atoms with Crippen molar-refractivity contribution in [1.29, 1.82) is 0 Å². The van der Waals surface area contributed by atoms with Crippen molar-refractivity contribution in [2.45, 2.75) is 29.9 Å². The van der Waals surface area contributed by atoms with E-state index in [1.54, 1.807) is 0 Å². The van der Waals surface area contributed by atoms with Crippen molar-refractivity contribution < 1.29 is 0 Å². The van der Waals surface area contributed by atoms with Crippen LogP contribution in [0.3, 0.4) is 0 Å². The van der Waals surface area contributed by atoms with Crippen LogP contribution in [-0.4, -0.2) is 0 Å². The third-order valence-electron chi connectivity index (χ3n) is 3.42. The molecule has 0 saturated heterocycles. The van der Waals surface area contributed by atoms with Crippen molar-refractivity contribution >= 4 is 31.9 Å².